The molecule has 20 heteroatoms. The molecule has 6 rings (SSSR count). The van der Waals surface area contributed by atoms with Crippen LogP contribution in [0.3, 0.4) is 0 Å². The average molecular weight is 569 g/mol. The number of hydrogen-bond acceptors (Lipinski definition) is 15. The molecule has 0 amide bonds. The van der Waals surface area contributed by atoms with Crippen molar-refractivity contribution in [3.63, 3.8) is 0 Å². The van der Waals surface area contributed by atoms with Gasteiger partial charge in [-0.1, -0.05) is 0 Å². The molecule has 2 saturated heterocycles. The van der Waals surface area contributed by atoms with Crippen molar-refractivity contribution >= 4 is 29.0 Å². The van der Waals surface area contributed by atoms with Crippen LogP contribution in [0.5, 0.6) is 0 Å². The summed E-state index contributed by atoms with van der Waals surface area (Å²) in [5.41, 5.74) is 16.5. The standard InChI is InChI=1S/C10H13FN6O3.C10H12FN5O4/c11-5-6(19)4(2-18)20-7(5)3-1-14-9-8(12)15-10(13)16-17(3)9;11-5-6(18)4(2-17)20-7(5)3-1-13-8-9(19)14-10(12)15-16(3)8/h1,4-7,18-19H,2H2,(H4,12,13,15,16);1,4-7,17-18H,2H2,(H3,12,14,15,19)/t2*4-,5-,6-,7+/m11/s1. The van der Waals surface area contributed by atoms with Crippen LogP contribution in [0.15, 0.2) is 17.2 Å². The summed E-state index contributed by atoms with van der Waals surface area (Å²) >= 11 is 0. The Morgan fingerprint density at radius 3 is 1.88 bits per heavy atom. The van der Waals surface area contributed by atoms with Crippen molar-refractivity contribution in [2.75, 3.05) is 30.4 Å². The number of aromatic nitrogens is 8. The van der Waals surface area contributed by atoms with Crippen LogP contribution in [0, 0.1) is 0 Å². The number of alkyl halides is 2. The number of nitrogen functional groups attached to an aromatic ring is 3. The van der Waals surface area contributed by atoms with Gasteiger partial charge in [0.25, 0.3) is 5.56 Å². The van der Waals surface area contributed by atoms with E-state index in [0.717, 1.165) is 4.52 Å². The van der Waals surface area contributed by atoms with E-state index in [2.05, 4.69) is 30.1 Å². The molecule has 8 atom stereocenters. The predicted molar refractivity (Wildman–Crippen MR) is 129 cm³/mol. The van der Waals surface area contributed by atoms with E-state index in [0.29, 0.717) is 0 Å². The Balaban J connectivity index is 0.000000161. The summed E-state index contributed by atoms with van der Waals surface area (Å²) in [5, 5.41) is 45.0. The van der Waals surface area contributed by atoms with Crippen LogP contribution in [-0.4, -0.2) is 110 Å². The second-order valence-corrected chi connectivity index (χ2v) is 8.96. The first kappa shape index (κ1) is 27.5. The smallest absolute Gasteiger partial charge is 0.295 e. The maximum absolute atomic E-state index is 14.1. The Labute approximate surface area is 221 Å². The number of imidazole rings is 2. The van der Waals surface area contributed by atoms with Gasteiger partial charge in [-0.2, -0.15) is 4.98 Å². The largest absolute Gasteiger partial charge is 0.394 e. The van der Waals surface area contributed by atoms with E-state index < -0.39 is 67.7 Å². The lowest BCUT2D eigenvalue weighted by atomic mass is 10.1. The molecule has 0 bridgehead atoms. The number of hydrogen-bond donors (Lipinski definition) is 8. The Morgan fingerprint density at radius 2 is 1.38 bits per heavy atom. The molecule has 2 fully saturated rings. The molecule has 4 aromatic heterocycles. The Bertz CT molecular complexity index is 1580. The number of aliphatic hydroxyl groups is 4. The zero-order valence-corrected chi connectivity index (χ0v) is 20.3. The number of nitrogens with two attached hydrogens (primary N) is 3. The highest BCUT2D eigenvalue weighted by atomic mass is 19.1. The van der Waals surface area contributed by atoms with Gasteiger partial charge in [-0.15, -0.1) is 10.2 Å². The summed E-state index contributed by atoms with van der Waals surface area (Å²) < 4.78 is 40.9. The second-order valence-electron chi connectivity index (χ2n) is 8.96. The number of aromatic amines is 1. The van der Waals surface area contributed by atoms with E-state index in [9.17, 15) is 23.8 Å². The number of aliphatic hydroxyl groups excluding tert-OH is 4. The molecular formula is C20H25F2N11O7. The van der Waals surface area contributed by atoms with Crippen molar-refractivity contribution in [2.45, 2.75) is 49.0 Å². The van der Waals surface area contributed by atoms with Crippen molar-refractivity contribution in [3.8, 4) is 0 Å². The molecule has 0 spiro atoms. The van der Waals surface area contributed by atoms with E-state index >= 15 is 0 Å². The van der Waals surface area contributed by atoms with Crippen molar-refractivity contribution in [2.24, 2.45) is 0 Å². The molecule has 6 heterocycles. The fraction of sp³-hybridized carbons (Fsp3) is 0.500. The third kappa shape index (κ3) is 4.55. The van der Waals surface area contributed by atoms with Gasteiger partial charge in [-0.05, 0) is 0 Å². The van der Waals surface area contributed by atoms with Gasteiger partial charge in [0.1, 0.15) is 36.6 Å². The van der Waals surface area contributed by atoms with Crippen LogP contribution in [-0.2, 0) is 9.47 Å². The molecule has 2 aliphatic rings. The lowest BCUT2D eigenvalue weighted by molar-refractivity contribution is -0.0241. The summed E-state index contributed by atoms with van der Waals surface area (Å²) in [6.07, 6.45) is -8.18. The second kappa shape index (κ2) is 10.5. The molecule has 2 aliphatic heterocycles. The Hall–Kier alpha value is -4.08. The summed E-state index contributed by atoms with van der Waals surface area (Å²) in [5.74, 6) is -0.201. The summed E-state index contributed by atoms with van der Waals surface area (Å²) in [6.45, 7) is -1.01. The van der Waals surface area contributed by atoms with Gasteiger partial charge in [0.05, 0.1) is 37.0 Å². The molecule has 11 N–H and O–H groups in total. The van der Waals surface area contributed by atoms with Gasteiger partial charge in [0.2, 0.25) is 17.5 Å². The molecule has 0 aliphatic carbocycles. The first-order valence-corrected chi connectivity index (χ1v) is 11.7. The quantitative estimate of drug-likeness (QED) is 0.119. The number of ether oxygens (including phenoxy) is 2. The van der Waals surface area contributed by atoms with Crippen LogP contribution in [0.2, 0.25) is 0 Å². The predicted octanol–water partition coefficient (Wildman–Crippen LogP) is -3.45. The first-order valence-electron chi connectivity index (χ1n) is 11.7. The summed E-state index contributed by atoms with van der Waals surface area (Å²) in [4.78, 5) is 25.4. The van der Waals surface area contributed by atoms with Gasteiger partial charge < -0.3 is 47.1 Å². The van der Waals surface area contributed by atoms with Crippen molar-refractivity contribution < 1.29 is 38.7 Å². The molecule has 0 saturated carbocycles. The van der Waals surface area contributed by atoms with Crippen molar-refractivity contribution in [1.29, 1.82) is 0 Å². The third-order valence-corrected chi connectivity index (χ3v) is 6.43. The van der Waals surface area contributed by atoms with E-state index in [4.69, 9.17) is 36.9 Å². The SMILES string of the molecule is Nc1nc(N)c2ncc([C@@H]3O[C@H](CO)[C@@H](O)[C@H]3F)n2n1.Nc1nn2c([C@@H]3O[C@H](CO)[C@@H](O)[C@H]3F)cnc2c(=O)[nH]1. The summed E-state index contributed by atoms with van der Waals surface area (Å²) in [7, 11) is 0. The van der Waals surface area contributed by atoms with Crippen LogP contribution < -0.4 is 22.8 Å². The molecule has 4 aromatic rings. The topological polar surface area (TPSA) is 284 Å². The van der Waals surface area contributed by atoms with Crippen molar-refractivity contribution in [3.05, 3.63) is 34.1 Å². The molecule has 0 radical (unpaired) electrons. The highest BCUT2D eigenvalue weighted by Crippen LogP contribution is 2.36. The number of nitrogens with one attached hydrogen (secondary N) is 1. The monoisotopic (exact) mass is 569 g/mol. The van der Waals surface area contributed by atoms with E-state index in [-0.39, 0.29) is 40.4 Å². The first-order chi connectivity index (χ1) is 19.0. The van der Waals surface area contributed by atoms with E-state index in [1.165, 1.54) is 16.9 Å². The minimum Gasteiger partial charge on any atom is -0.394 e. The average Bonchev–Trinajstić information content (AvgIpc) is 3.66. The number of nitrogens with zero attached hydrogens (tertiary/aromatic N) is 7. The molecule has 0 unspecified atom stereocenters. The lowest BCUT2D eigenvalue weighted by Crippen LogP contribution is -2.30. The maximum Gasteiger partial charge on any atom is 0.295 e. The van der Waals surface area contributed by atoms with Crippen LogP contribution in [0.25, 0.3) is 11.3 Å². The lowest BCUT2D eigenvalue weighted by Gasteiger charge is -2.12. The fourth-order valence-corrected chi connectivity index (χ4v) is 4.47. The highest BCUT2D eigenvalue weighted by Gasteiger charge is 2.47. The van der Waals surface area contributed by atoms with Gasteiger partial charge in [-0.25, -0.2) is 27.8 Å². The highest BCUT2D eigenvalue weighted by molar-refractivity contribution is 5.60. The number of rotatable bonds is 4. The third-order valence-electron chi connectivity index (χ3n) is 6.43. The number of anilines is 3. The molecular weight excluding hydrogens is 544 g/mol. The Morgan fingerprint density at radius 1 is 0.875 bits per heavy atom. The normalized spacial score (nSPS) is 30.1. The van der Waals surface area contributed by atoms with Crippen LogP contribution in [0.4, 0.5) is 26.5 Å². The van der Waals surface area contributed by atoms with Gasteiger partial charge in [0, 0.05) is 0 Å². The number of H-pyrrole nitrogens is 1. The van der Waals surface area contributed by atoms with Gasteiger partial charge in [-0.3, -0.25) is 9.78 Å². The number of halogens is 2. The molecule has 40 heavy (non-hydrogen) atoms. The Kier molecular flexibility index (Phi) is 7.20. The molecule has 18 nitrogen and oxygen atoms in total. The van der Waals surface area contributed by atoms with Crippen molar-refractivity contribution in [1.82, 2.24) is 39.2 Å². The zero-order chi connectivity index (χ0) is 28.9. The van der Waals surface area contributed by atoms with E-state index in [1.54, 1.807) is 0 Å². The van der Waals surface area contributed by atoms with E-state index in [1.807, 2.05) is 0 Å². The molecule has 0 aromatic carbocycles. The fourth-order valence-electron chi connectivity index (χ4n) is 4.47. The van der Waals surface area contributed by atoms with Crippen LogP contribution >= 0.6 is 0 Å². The minimum atomic E-state index is -1.77. The van der Waals surface area contributed by atoms with Gasteiger partial charge in [0.15, 0.2) is 23.8 Å². The number of fused-ring (bicyclic) bond motifs is 2. The van der Waals surface area contributed by atoms with Crippen LogP contribution in [0.1, 0.15) is 23.6 Å². The zero-order valence-electron chi connectivity index (χ0n) is 20.3. The van der Waals surface area contributed by atoms with Gasteiger partial charge >= 0.3 is 0 Å². The maximum atomic E-state index is 14.1. The molecule has 216 valence electrons. The summed E-state index contributed by atoms with van der Waals surface area (Å²) in [6, 6.07) is 0. The minimum absolute atomic E-state index is 0.0522.